The maximum atomic E-state index is 5.96. The molecule has 0 radical (unpaired) electrons. The van der Waals surface area contributed by atoms with E-state index in [1.165, 1.54) is 44.9 Å². The first-order valence-corrected chi connectivity index (χ1v) is 7.04. The summed E-state index contributed by atoms with van der Waals surface area (Å²) >= 11 is 0. The van der Waals surface area contributed by atoms with Crippen LogP contribution in [-0.4, -0.2) is 42.1 Å². The summed E-state index contributed by atoms with van der Waals surface area (Å²) < 4.78 is 0. The highest BCUT2D eigenvalue weighted by atomic mass is 15.2. The molecule has 2 aliphatic heterocycles. The van der Waals surface area contributed by atoms with E-state index >= 15 is 0 Å². The lowest BCUT2D eigenvalue weighted by Crippen LogP contribution is -2.56. The monoisotopic (exact) mass is 236 g/mol. The Morgan fingerprint density at radius 3 is 2.41 bits per heavy atom. The molecule has 3 N–H and O–H groups in total. The summed E-state index contributed by atoms with van der Waals surface area (Å²) in [6.07, 6.45) is 9.01. The summed E-state index contributed by atoms with van der Waals surface area (Å²) in [5.41, 5.74) is 5.96. The number of hydrogen-bond acceptors (Lipinski definition) is 2. The highest BCUT2D eigenvalue weighted by molar-refractivity contribution is 5.78. The quantitative estimate of drug-likeness (QED) is 0.557. The number of nitrogens with zero attached hydrogens (tertiary/aromatic N) is 2. The molecule has 4 nitrogen and oxygen atoms in total. The third-order valence-corrected chi connectivity index (χ3v) is 4.56. The molecule has 3 rings (SSSR count). The molecular weight excluding hydrogens is 212 g/mol. The third kappa shape index (κ3) is 2.57. The Bertz CT molecular complexity index is 297. The van der Waals surface area contributed by atoms with Crippen LogP contribution in [0, 0.1) is 0 Å². The number of hydrogen-bond donors (Lipinski definition) is 2. The smallest absolute Gasteiger partial charge is 0.189 e. The maximum Gasteiger partial charge on any atom is 0.189 e. The van der Waals surface area contributed by atoms with E-state index in [0.717, 1.165) is 12.1 Å². The van der Waals surface area contributed by atoms with Gasteiger partial charge in [-0.15, -0.1) is 0 Å². The summed E-state index contributed by atoms with van der Waals surface area (Å²) in [5.74, 6) is 0.681. The number of nitrogens with two attached hydrogens (primary N) is 1. The van der Waals surface area contributed by atoms with Gasteiger partial charge in [-0.1, -0.05) is 6.42 Å². The molecule has 96 valence electrons. The SMILES string of the molecule is CN1C2CCCC1CC(NC(N)=NC1CC1)C2. The minimum atomic E-state index is 0.522. The summed E-state index contributed by atoms with van der Waals surface area (Å²) in [6.45, 7) is 0. The van der Waals surface area contributed by atoms with Crippen LogP contribution in [0.3, 0.4) is 0 Å². The second-order valence-corrected chi connectivity index (χ2v) is 5.96. The fourth-order valence-corrected chi connectivity index (χ4v) is 3.38. The van der Waals surface area contributed by atoms with Gasteiger partial charge in [0, 0.05) is 18.1 Å². The Kier molecular flexibility index (Phi) is 2.99. The van der Waals surface area contributed by atoms with Crippen molar-refractivity contribution in [2.75, 3.05) is 7.05 Å². The van der Waals surface area contributed by atoms with Gasteiger partial charge in [-0.3, -0.25) is 4.99 Å². The largest absolute Gasteiger partial charge is 0.370 e. The maximum absolute atomic E-state index is 5.96. The number of guanidine groups is 1. The standard InChI is InChI=1S/C13H24N4/c1-17-11-3-2-4-12(17)8-10(7-11)16-13(14)15-9-5-6-9/h9-12H,2-8H2,1H3,(H3,14,15,16). The van der Waals surface area contributed by atoms with E-state index in [9.17, 15) is 0 Å². The van der Waals surface area contributed by atoms with Gasteiger partial charge in [0.05, 0.1) is 6.04 Å². The lowest BCUT2D eigenvalue weighted by Gasteiger charge is -2.47. The number of fused-ring (bicyclic) bond motifs is 2. The van der Waals surface area contributed by atoms with E-state index in [2.05, 4.69) is 22.3 Å². The number of aliphatic imine (C=N–C) groups is 1. The van der Waals surface area contributed by atoms with Crippen molar-refractivity contribution in [3.05, 3.63) is 0 Å². The minimum Gasteiger partial charge on any atom is -0.370 e. The molecule has 0 spiro atoms. The molecule has 2 bridgehead atoms. The normalized spacial score (nSPS) is 39.1. The molecule has 0 aromatic heterocycles. The van der Waals surface area contributed by atoms with Gasteiger partial charge < -0.3 is 16.0 Å². The van der Waals surface area contributed by atoms with E-state index in [0.29, 0.717) is 18.0 Å². The fourth-order valence-electron chi connectivity index (χ4n) is 3.38. The van der Waals surface area contributed by atoms with Gasteiger partial charge in [-0.25, -0.2) is 0 Å². The van der Waals surface area contributed by atoms with Crippen LogP contribution in [-0.2, 0) is 0 Å². The molecule has 2 atom stereocenters. The molecule has 3 fully saturated rings. The van der Waals surface area contributed by atoms with Gasteiger partial charge in [-0.05, 0) is 45.6 Å². The first-order chi connectivity index (χ1) is 8.22. The molecule has 0 aromatic rings. The summed E-state index contributed by atoms with van der Waals surface area (Å²) in [6, 6.07) is 2.58. The van der Waals surface area contributed by atoms with Crippen LogP contribution in [0.5, 0.6) is 0 Å². The summed E-state index contributed by atoms with van der Waals surface area (Å²) in [5, 5.41) is 3.44. The van der Waals surface area contributed by atoms with E-state index in [-0.39, 0.29) is 0 Å². The van der Waals surface area contributed by atoms with E-state index < -0.39 is 0 Å². The molecule has 1 saturated carbocycles. The van der Waals surface area contributed by atoms with E-state index in [4.69, 9.17) is 5.73 Å². The van der Waals surface area contributed by atoms with E-state index in [1.54, 1.807) is 0 Å². The Morgan fingerprint density at radius 1 is 1.18 bits per heavy atom. The van der Waals surface area contributed by atoms with Crippen molar-refractivity contribution in [1.29, 1.82) is 0 Å². The van der Waals surface area contributed by atoms with Gasteiger partial charge in [-0.2, -0.15) is 0 Å². The van der Waals surface area contributed by atoms with Crippen LogP contribution >= 0.6 is 0 Å². The van der Waals surface area contributed by atoms with Crippen molar-refractivity contribution in [1.82, 2.24) is 10.2 Å². The summed E-state index contributed by atoms with van der Waals surface area (Å²) in [4.78, 5) is 7.04. The molecule has 0 aromatic carbocycles. The molecular formula is C13H24N4. The molecule has 17 heavy (non-hydrogen) atoms. The van der Waals surface area contributed by atoms with Crippen LogP contribution in [0.2, 0.25) is 0 Å². The van der Waals surface area contributed by atoms with Crippen LogP contribution < -0.4 is 11.1 Å². The molecule has 2 saturated heterocycles. The first kappa shape index (κ1) is 11.3. The van der Waals surface area contributed by atoms with Crippen LogP contribution in [0.15, 0.2) is 4.99 Å². The number of rotatable bonds is 2. The number of piperidine rings is 2. The van der Waals surface area contributed by atoms with Crippen molar-refractivity contribution in [3.63, 3.8) is 0 Å². The van der Waals surface area contributed by atoms with Crippen molar-refractivity contribution < 1.29 is 0 Å². The van der Waals surface area contributed by atoms with Gasteiger partial charge in [0.2, 0.25) is 0 Å². The average molecular weight is 236 g/mol. The zero-order valence-electron chi connectivity index (χ0n) is 10.7. The zero-order valence-corrected chi connectivity index (χ0v) is 10.7. The molecule has 2 heterocycles. The van der Waals surface area contributed by atoms with Crippen molar-refractivity contribution in [2.45, 2.75) is 69.1 Å². The van der Waals surface area contributed by atoms with Gasteiger partial charge >= 0.3 is 0 Å². The lowest BCUT2D eigenvalue weighted by atomic mass is 9.82. The Balaban J connectivity index is 1.58. The van der Waals surface area contributed by atoms with E-state index in [1.807, 2.05) is 0 Å². The molecule has 1 aliphatic carbocycles. The van der Waals surface area contributed by atoms with Gasteiger partial charge in [0.25, 0.3) is 0 Å². The van der Waals surface area contributed by atoms with Crippen molar-refractivity contribution in [2.24, 2.45) is 10.7 Å². The first-order valence-electron chi connectivity index (χ1n) is 7.04. The molecule has 3 aliphatic rings. The Hall–Kier alpha value is -0.770. The molecule has 4 heteroatoms. The minimum absolute atomic E-state index is 0.522. The molecule has 2 unspecified atom stereocenters. The van der Waals surface area contributed by atoms with Crippen LogP contribution in [0.25, 0.3) is 0 Å². The predicted molar refractivity (Wildman–Crippen MR) is 70.0 cm³/mol. The lowest BCUT2D eigenvalue weighted by molar-refractivity contribution is 0.0528. The number of nitrogens with one attached hydrogen (secondary N) is 1. The molecule has 0 amide bonds. The Morgan fingerprint density at radius 2 is 1.82 bits per heavy atom. The highest BCUT2D eigenvalue weighted by Crippen LogP contribution is 2.32. The second-order valence-electron chi connectivity index (χ2n) is 5.96. The average Bonchev–Trinajstić information content (AvgIpc) is 3.03. The third-order valence-electron chi connectivity index (χ3n) is 4.56. The van der Waals surface area contributed by atoms with Crippen LogP contribution in [0.4, 0.5) is 0 Å². The topological polar surface area (TPSA) is 53.6 Å². The van der Waals surface area contributed by atoms with Gasteiger partial charge in [0.15, 0.2) is 5.96 Å². The Labute approximate surface area is 104 Å². The van der Waals surface area contributed by atoms with Crippen molar-refractivity contribution in [3.8, 4) is 0 Å². The van der Waals surface area contributed by atoms with Gasteiger partial charge in [0.1, 0.15) is 0 Å². The zero-order chi connectivity index (χ0) is 11.8. The van der Waals surface area contributed by atoms with Crippen LogP contribution in [0.1, 0.15) is 44.9 Å². The summed E-state index contributed by atoms with van der Waals surface area (Å²) in [7, 11) is 2.28. The fraction of sp³-hybridized carbons (Fsp3) is 0.923. The van der Waals surface area contributed by atoms with Crippen molar-refractivity contribution >= 4 is 5.96 Å². The highest BCUT2D eigenvalue weighted by Gasteiger charge is 2.36. The predicted octanol–water partition coefficient (Wildman–Crippen LogP) is 1.07. The second kappa shape index (κ2) is 4.48.